The summed E-state index contributed by atoms with van der Waals surface area (Å²) in [6.45, 7) is 17.9. The van der Waals surface area contributed by atoms with E-state index in [4.69, 9.17) is 18.9 Å². The quantitative estimate of drug-likeness (QED) is 0.137. The van der Waals surface area contributed by atoms with E-state index in [2.05, 4.69) is 46.1 Å². The van der Waals surface area contributed by atoms with Crippen LogP contribution in [0.5, 0.6) is 17.2 Å². The topological polar surface area (TPSA) is 207 Å². The summed E-state index contributed by atoms with van der Waals surface area (Å²) >= 11 is 0. The van der Waals surface area contributed by atoms with Crippen molar-refractivity contribution >= 4 is 45.8 Å². The van der Waals surface area contributed by atoms with Gasteiger partial charge in [0.2, 0.25) is 17.6 Å². The van der Waals surface area contributed by atoms with Crippen LogP contribution in [0.1, 0.15) is 107 Å². The van der Waals surface area contributed by atoms with E-state index < -0.39 is 63.6 Å². The van der Waals surface area contributed by atoms with Crippen LogP contribution in [0.25, 0.3) is 22.3 Å². The number of hydrogen-bond donors (Lipinski definition) is 4. The predicted octanol–water partition coefficient (Wildman–Crippen LogP) is 6.14. The van der Waals surface area contributed by atoms with Gasteiger partial charge in [0.05, 0.1) is 17.4 Å². The van der Waals surface area contributed by atoms with Crippen molar-refractivity contribution in [3.63, 3.8) is 0 Å². The molecule has 3 atom stereocenters. The number of nitrogens with zero attached hydrogens (tertiary/aromatic N) is 2. The van der Waals surface area contributed by atoms with E-state index in [0.29, 0.717) is 65.6 Å². The number of carbonyl (C=O) groups is 4. The van der Waals surface area contributed by atoms with Crippen LogP contribution in [-0.2, 0) is 30.1 Å². The molecule has 3 unspecified atom stereocenters. The number of benzene rings is 2. The van der Waals surface area contributed by atoms with Gasteiger partial charge in [0.1, 0.15) is 53.2 Å². The molecule has 3 heterocycles. The fourth-order valence-electron chi connectivity index (χ4n) is 6.69. The van der Waals surface area contributed by atoms with Gasteiger partial charge in [-0.05, 0) is 68.2 Å². The molecule has 4 aliphatic rings. The Hall–Kier alpha value is -5.19. The van der Waals surface area contributed by atoms with E-state index in [-0.39, 0.29) is 30.7 Å². The fraction of sp³-hybridized carbons (Fsp3) is 0.600. The van der Waals surface area contributed by atoms with Gasteiger partial charge in [0.15, 0.2) is 11.5 Å². The van der Waals surface area contributed by atoms with Crippen LogP contribution in [0, 0.1) is 17.3 Å². The van der Waals surface area contributed by atoms with Gasteiger partial charge in [-0.2, -0.15) is 0 Å². The second-order valence-electron chi connectivity index (χ2n) is 17.9. The maximum absolute atomic E-state index is 13.3. The molecule has 1 saturated heterocycles. The molecule has 4 amide bonds. The minimum Gasteiger partial charge on any atom is -0.493 e. The lowest BCUT2D eigenvalue weighted by Gasteiger charge is -2.27. The van der Waals surface area contributed by atoms with Crippen molar-refractivity contribution < 1.29 is 42.3 Å². The van der Waals surface area contributed by atoms with E-state index in [0.717, 1.165) is 31.6 Å². The SMILES string of the molecule is CC.CC(C)(COC(=O)NCC(=O)N1CCCC1C(=O)NC(CC1CC1)C(=O)NS(=O)C1CC1)COc1cccc(-c2nc3ccc4c(c3[nH]c2=O)OC(C)(C)O4)c1.CC(C)C. The molecule has 4 N–H and O–H groups in total. The molecular formula is C45H64N6O10S. The zero-order valence-corrected chi connectivity index (χ0v) is 38.3. The molecule has 1 aromatic heterocycles. The maximum Gasteiger partial charge on any atom is 0.407 e. The zero-order valence-electron chi connectivity index (χ0n) is 37.5. The summed E-state index contributed by atoms with van der Waals surface area (Å²) in [5, 5.41) is 5.26. The molecule has 16 nitrogen and oxygen atoms in total. The molecule has 62 heavy (non-hydrogen) atoms. The number of carbonyl (C=O) groups excluding carboxylic acids is 4. The number of likely N-dealkylation sites (tertiary alicyclic amines) is 1. The minimum absolute atomic E-state index is 0.0296. The van der Waals surface area contributed by atoms with Crippen LogP contribution in [0.15, 0.2) is 41.2 Å². The van der Waals surface area contributed by atoms with E-state index >= 15 is 0 Å². The summed E-state index contributed by atoms with van der Waals surface area (Å²) in [5.74, 6) is 0.388. The lowest BCUT2D eigenvalue weighted by atomic mass is 9.96. The van der Waals surface area contributed by atoms with Gasteiger partial charge in [-0.1, -0.05) is 73.4 Å². The molecule has 3 aromatic rings. The number of amides is 4. The number of H-pyrrole nitrogens is 1. The average Bonchev–Trinajstić information content (AvgIpc) is 4.16. The van der Waals surface area contributed by atoms with Crippen LogP contribution < -0.4 is 35.1 Å². The van der Waals surface area contributed by atoms with Gasteiger partial charge in [0.25, 0.3) is 11.5 Å². The summed E-state index contributed by atoms with van der Waals surface area (Å²) in [5.41, 5.74) is 0.695. The maximum atomic E-state index is 13.3. The van der Waals surface area contributed by atoms with Gasteiger partial charge < -0.3 is 39.5 Å². The summed E-state index contributed by atoms with van der Waals surface area (Å²) in [7, 11) is -1.47. The standard InChI is InChI=1S/C39H48N6O10S.C4H10.C2H6/c1-38(2,20-52-24-8-5-7-23(18-24)31-36(49)43-32-26(41-31)14-15-29-33(32)55-39(3,4)54-29)21-53-37(50)40-19-30(46)45-16-6-9-28(45)35(48)42-27(17-22-10-11-22)34(47)44-56(51)25-12-13-25;1-4(2)3;1-2/h5,7-8,14-15,18,22,25,27-28H,6,9-13,16-17,19-21H2,1-4H3,(H,40,50)(H,42,48)(H,43,49)(H,44,47);4H,1-3H3;1-2H3. The highest BCUT2D eigenvalue weighted by Gasteiger charge is 2.39. The van der Waals surface area contributed by atoms with Crippen LogP contribution >= 0.6 is 0 Å². The lowest BCUT2D eigenvalue weighted by Crippen LogP contribution is -2.54. The molecule has 0 radical (unpaired) electrons. The Kier molecular flexibility index (Phi) is 16.0. The number of nitrogens with one attached hydrogen (secondary N) is 4. The van der Waals surface area contributed by atoms with Gasteiger partial charge in [-0.15, -0.1) is 0 Å². The summed E-state index contributed by atoms with van der Waals surface area (Å²) in [6, 6.07) is 8.87. The summed E-state index contributed by atoms with van der Waals surface area (Å²) in [6.07, 6.45) is 4.23. The van der Waals surface area contributed by atoms with Crippen LogP contribution in [0.4, 0.5) is 4.79 Å². The molecule has 17 heteroatoms. The van der Waals surface area contributed by atoms with Crippen molar-refractivity contribution in [3.05, 3.63) is 46.8 Å². The molecule has 0 bridgehead atoms. The van der Waals surface area contributed by atoms with Gasteiger partial charge in [-0.25, -0.2) is 14.0 Å². The van der Waals surface area contributed by atoms with Gasteiger partial charge in [0, 0.05) is 31.4 Å². The number of aromatic nitrogens is 2. The normalized spacial score (nSPS) is 18.4. The predicted molar refractivity (Wildman–Crippen MR) is 237 cm³/mol. The van der Waals surface area contributed by atoms with E-state index in [1.165, 1.54) is 4.90 Å². The molecule has 3 fully saturated rings. The molecule has 0 spiro atoms. The number of fused-ring (bicyclic) bond motifs is 3. The van der Waals surface area contributed by atoms with Gasteiger partial charge >= 0.3 is 6.09 Å². The van der Waals surface area contributed by atoms with Crippen molar-refractivity contribution in [2.24, 2.45) is 17.3 Å². The van der Waals surface area contributed by atoms with Crippen LogP contribution in [-0.4, -0.2) is 92.3 Å². The number of rotatable bonds is 15. The first kappa shape index (κ1) is 47.9. The molecule has 2 aliphatic carbocycles. The van der Waals surface area contributed by atoms with Crippen molar-refractivity contribution in [2.45, 2.75) is 130 Å². The largest absolute Gasteiger partial charge is 0.493 e. The third-order valence-electron chi connectivity index (χ3n) is 10.0. The Morgan fingerprint density at radius 3 is 2.40 bits per heavy atom. The first-order valence-corrected chi connectivity index (χ1v) is 23.0. The molecule has 2 aliphatic heterocycles. The first-order valence-electron chi connectivity index (χ1n) is 21.8. The van der Waals surface area contributed by atoms with Gasteiger partial charge in [-0.3, -0.25) is 23.9 Å². The van der Waals surface area contributed by atoms with E-state index in [9.17, 15) is 28.2 Å². The van der Waals surface area contributed by atoms with E-state index in [1.54, 1.807) is 50.2 Å². The Morgan fingerprint density at radius 2 is 1.73 bits per heavy atom. The highest BCUT2D eigenvalue weighted by molar-refractivity contribution is 7.84. The Labute approximate surface area is 366 Å². The molecule has 340 valence electrons. The fourth-order valence-corrected chi connectivity index (χ4v) is 7.77. The van der Waals surface area contributed by atoms with Crippen LogP contribution in [0.2, 0.25) is 0 Å². The second-order valence-corrected chi connectivity index (χ2v) is 19.4. The number of hydrogen-bond acceptors (Lipinski definition) is 11. The number of aromatic amines is 1. The molecular weight excluding hydrogens is 817 g/mol. The monoisotopic (exact) mass is 880 g/mol. The average molecular weight is 881 g/mol. The Balaban J connectivity index is 0.00000114. The molecule has 2 saturated carbocycles. The van der Waals surface area contributed by atoms with Crippen molar-refractivity contribution in [1.29, 1.82) is 0 Å². The van der Waals surface area contributed by atoms with Crippen molar-refractivity contribution in [2.75, 3.05) is 26.3 Å². The highest BCUT2D eigenvalue weighted by Crippen LogP contribution is 2.43. The lowest BCUT2D eigenvalue weighted by molar-refractivity contribution is -0.138. The summed E-state index contributed by atoms with van der Waals surface area (Å²) in [4.78, 5) is 74.1. The summed E-state index contributed by atoms with van der Waals surface area (Å²) < 4.78 is 38.0. The molecule has 7 rings (SSSR count). The Morgan fingerprint density at radius 1 is 1.02 bits per heavy atom. The highest BCUT2D eigenvalue weighted by atomic mass is 32.2. The van der Waals surface area contributed by atoms with E-state index in [1.807, 2.05) is 27.7 Å². The third kappa shape index (κ3) is 13.4. The third-order valence-corrected chi connectivity index (χ3v) is 11.5. The second kappa shape index (κ2) is 20.8. The number of ether oxygens (including phenoxy) is 4. The van der Waals surface area contributed by atoms with Crippen molar-refractivity contribution in [1.82, 2.24) is 30.2 Å². The smallest absolute Gasteiger partial charge is 0.407 e. The number of alkyl carbamates (subject to hydrolysis) is 1. The minimum atomic E-state index is -1.47. The van der Waals surface area contributed by atoms with Crippen LogP contribution in [0.3, 0.4) is 0 Å². The Bertz CT molecular complexity index is 2160. The first-order chi connectivity index (χ1) is 29.4. The molecule has 2 aromatic carbocycles. The van der Waals surface area contributed by atoms with Crippen molar-refractivity contribution in [3.8, 4) is 28.5 Å². The zero-order chi connectivity index (χ0) is 45.4.